The van der Waals surface area contributed by atoms with E-state index in [-0.39, 0.29) is 54.5 Å². The average Bonchev–Trinajstić information content (AvgIpc) is 3.55. The van der Waals surface area contributed by atoms with Gasteiger partial charge in [-0.1, -0.05) is 24.9 Å². The molecule has 47 heavy (non-hydrogen) atoms. The monoisotopic (exact) mass is 670 g/mol. The van der Waals surface area contributed by atoms with Crippen LogP contribution in [-0.4, -0.2) is 114 Å². The number of ether oxygens (including phenoxy) is 2. The minimum absolute atomic E-state index is 0.00745. The molecule has 5 rings (SSSR count). The molecule has 3 heterocycles. The second-order valence-electron chi connectivity index (χ2n) is 12.3. The van der Waals surface area contributed by atoms with Gasteiger partial charge in [0.15, 0.2) is 6.61 Å². The van der Waals surface area contributed by atoms with E-state index in [2.05, 4.69) is 15.6 Å². The van der Waals surface area contributed by atoms with Crippen LogP contribution < -0.4 is 15.4 Å². The highest BCUT2D eigenvalue weighted by Crippen LogP contribution is 2.31. The van der Waals surface area contributed by atoms with Crippen molar-refractivity contribution in [3.05, 3.63) is 34.5 Å². The maximum atomic E-state index is 13.3. The molecule has 1 atom stereocenters. The van der Waals surface area contributed by atoms with Crippen molar-refractivity contribution >= 4 is 52.2 Å². The quantitative estimate of drug-likeness (QED) is 0.347. The van der Waals surface area contributed by atoms with Crippen LogP contribution in [0.4, 0.5) is 4.79 Å². The summed E-state index contributed by atoms with van der Waals surface area (Å²) in [6, 6.07) is 4.48. The van der Waals surface area contributed by atoms with Crippen molar-refractivity contribution in [2.24, 2.45) is 0 Å². The maximum absolute atomic E-state index is 13.3. The van der Waals surface area contributed by atoms with Crippen LogP contribution in [-0.2, 0) is 19.1 Å². The number of halogens is 1. The summed E-state index contributed by atoms with van der Waals surface area (Å²) in [5.74, 6) is -1.10. The van der Waals surface area contributed by atoms with Crippen LogP contribution in [0.1, 0.15) is 67.9 Å². The van der Waals surface area contributed by atoms with Gasteiger partial charge >= 0.3 is 6.09 Å². The van der Waals surface area contributed by atoms with Crippen molar-refractivity contribution in [3.63, 3.8) is 0 Å². The molecule has 14 heteroatoms. The van der Waals surface area contributed by atoms with Crippen molar-refractivity contribution in [2.75, 3.05) is 52.5 Å². The largest absolute Gasteiger partial charge is 0.483 e. The lowest BCUT2D eigenvalue weighted by Gasteiger charge is -2.34. The summed E-state index contributed by atoms with van der Waals surface area (Å²) in [5.41, 5.74) is 1.19. The molecule has 3 fully saturated rings. The molecule has 1 saturated carbocycles. The summed E-state index contributed by atoms with van der Waals surface area (Å²) in [5, 5.41) is 6.67. The van der Waals surface area contributed by atoms with Crippen LogP contribution >= 0.6 is 11.6 Å². The summed E-state index contributed by atoms with van der Waals surface area (Å²) >= 11 is 6.40. The fourth-order valence-electron chi connectivity index (χ4n) is 5.86. The highest BCUT2D eigenvalue weighted by molar-refractivity contribution is 6.32. The Morgan fingerprint density at radius 3 is 2.40 bits per heavy atom. The number of hydrogen-bond donors (Lipinski definition) is 2. The molecule has 1 aromatic heterocycles. The van der Waals surface area contributed by atoms with Gasteiger partial charge in [-0.3, -0.25) is 19.2 Å². The van der Waals surface area contributed by atoms with Gasteiger partial charge in [0.1, 0.15) is 17.5 Å². The Morgan fingerprint density at radius 1 is 0.957 bits per heavy atom. The zero-order chi connectivity index (χ0) is 33.5. The molecule has 0 bridgehead atoms. The first-order chi connectivity index (χ1) is 22.6. The van der Waals surface area contributed by atoms with Crippen molar-refractivity contribution < 1.29 is 33.4 Å². The number of nitrogens with zero attached hydrogens (tertiary/aromatic N) is 4. The molecule has 2 N–H and O–H groups in total. The SMILES string of the molecule is CCCCOC(=O)N1CCN(C(=O)CNC(=O)c2cc(OCC(=O)N3CCC[C@H]3C(=O)NC3CCC3)c3cc(Cl)c(C)cc3n2)CC1. The number of aromatic nitrogens is 1. The summed E-state index contributed by atoms with van der Waals surface area (Å²) in [6.45, 7) is 5.43. The van der Waals surface area contributed by atoms with Crippen LogP contribution in [0.3, 0.4) is 0 Å². The highest BCUT2D eigenvalue weighted by atomic mass is 35.5. The molecule has 2 saturated heterocycles. The Morgan fingerprint density at radius 2 is 1.70 bits per heavy atom. The number of carbonyl (C=O) groups is 5. The normalized spacial score (nSPS) is 18.1. The number of nitrogens with one attached hydrogen (secondary N) is 2. The molecule has 3 aliphatic rings. The van der Waals surface area contributed by atoms with Crippen molar-refractivity contribution in [1.29, 1.82) is 0 Å². The summed E-state index contributed by atoms with van der Waals surface area (Å²) < 4.78 is 11.2. The molecule has 13 nitrogen and oxygen atoms in total. The number of rotatable bonds is 11. The standard InChI is InChI=1S/C33H43ClN6O7/c1-3-4-15-46-33(45)39-13-11-38(12-14-39)29(41)19-35-31(43)26-18-28(23-17-24(34)21(2)16-25(23)37-26)47-20-30(42)40-10-6-9-27(40)32(44)36-22-7-5-8-22/h16-18,22,27H,3-15,19-20H2,1-2H3,(H,35,43)(H,36,44)/t27-/m0/s1. The molecule has 254 valence electrons. The number of likely N-dealkylation sites (tertiary alicyclic amines) is 1. The van der Waals surface area contributed by atoms with Gasteiger partial charge in [-0.15, -0.1) is 0 Å². The van der Waals surface area contributed by atoms with Gasteiger partial charge in [-0.25, -0.2) is 9.78 Å². The molecule has 1 aromatic carbocycles. The molecular formula is C33H43ClN6O7. The fraction of sp³-hybridized carbons (Fsp3) is 0.576. The first-order valence-electron chi connectivity index (χ1n) is 16.5. The third kappa shape index (κ3) is 8.43. The highest BCUT2D eigenvalue weighted by Gasteiger charge is 2.36. The van der Waals surface area contributed by atoms with Crippen LogP contribution in [0.2, 0.25) is 5.02 Å². The van der Waals surface area contributed by atoms with Crippen LogP contribution in [0.15, 0.2) is 18.2 Å². The fourth-order valence-corrected chi connectivity index (χ4v) is 6.02. The van der Waals surface area contributed by atoms with Gasteiger partial charge in [-0.05, 0) is 63.1 Å². The lowest BCUT2D eigenvalue weighted by atomic mass is 9.93. The zero-order valence-corrected chi connectivity index (χ0v) is 27.8. The average molecular weight is 671 g/mol. The van der Waals surface area contributed by atoms with Gasteiger partial charge in [-0.2, -0.15) is 0 Å². The van der Waals surface area contributed by atoms with E-state index in [0.29, 0.717) is 61.7 Å². The molecule has 0 spiro atoms. The van der Waals surface area contributed by atoms with Gasteiger partial charge in [0.05, 0.1) is 18.7 Å². The number of unbranched alkanes of at least 4 members (excludes halogenated alkanes) is 1. The van der Waals surface area contributed by atoms with E-state index >= 15 is 0 Å². The lowest BCUT2D eigenvalue weighted by Crippen LogP contribution is -2.52. The zero-order valence-electron chi connectivity index (χ0n) is 27.0. The molecule has 1 aliphatic carbocycles. The number of piperazine rings is 1. The van der Waals surface area contributed by atoms with E-state index in [1.165, 1.54) is 6.07 Å². The number of benzene rings is 1. The van der Waals surface area contributed by atoms with Crippen molar-refractivity contribution in [2.45, 2.75) is 70.9 Å². The number of pyridine rings is 1. The minimum Gasteiger partial charge on any atom is -0.483 e. The van der Waals surface area contributed by atoms with E-state index in [1.807, 2.05) is 13.8 Å². The number of hydrogen-bond acceptors (Lipinski definition) is 8. The van der Waals surface area contributed by atoms with E-state index < -0.39 is 11.9 Å². The van der Waals surface area contributed by atoms with Crippen LogP contribution in [0.5, 0.6) is 5.75 Å². The van der Waals surface area contributed by atoms with E-state index in [1.54, 1.807) is 26.8 Å². The predicted octanol–water partition coefficient (Wildman–Crippen LogP) is 3.05. The smallest absolute Gasteiger partial charge is 0.409 e. The van der Waals surface area contributed by atoms with Crippen LogP contribution in [0, 0.1) is 6.92 Å². The Hall–Kier alpha value is -4.13. The summed E-state index contributed by atoms with van der Waals surface area (Å²) in [7, 11) is 0. The van der Waals surface area contributed by atoms with Gasteiger partial charge < -0.3 is 34.8 Å². The molecule has 2 aliphatic heterocycles. The summed E-state index contributed by atoms with van der Waals surface area (Å²) in [4.78, 5) is 73.6. The second kappa shape index (κ2) is 15.6. The Labute approximate surface area is 279 Å². The third-order valence-corrected chi connectivity index (χ3v) is 9.38. The number of fused-ring (bicyclic) bond motifs is 1. The Balaban J connectivity index is 1.20. The minimum atomic E-state index is -0.588. The first-order valence-corrected chi connectivity index (χ1v) is 16.8. The molecule has 2 aromatic rings. The Bertz CT molecular complexity index is 1510. The molecule has 5 amide bonds. The summed E-state index contributed by atoms with van der Waals surface area (Å²) in [6.07, 6.45) is 5.70. The third-order valence-electron chi connectivity index (χ3n) is 8.98. The second-order valence-corrected chi connectivity index (χ2v) is 12.7. The number of amides is 5. The van der Waals surface area contributed by atoms with Crippen molar-refractivity contribution in [3.8, 4) is 5.75 Å². The Kier molecular flexibility index (Phi) is 11.4. The molecular weight excluding hydrogens is 628 g/mol. The molecule has 0 radical (unpaired) electrons. The van der Waals surface area contributed by atoms with Crippen molar-refractivity contribution in [1.82, 2.24) is 30.3 Å². The van der Waals surface area contributed by atoms with E-state index in [4.69, 9.17) is 21.1 Å². The topological polar surface area (TPSA) is 150 Å². The van der Waals surface area contributed by atoms with E-state index in [9.17, 15) is 24.0 Å². The van der Waals surface area contributed by atoms with Gasteiger partial charge in [0.25, 0.3) is 11.8 Å². The van der Waals surface area contributed by atoms with Crippen LogP contribution in [0.25, 0.3) is 10.9 Å². The van der Waals surface area contributed by atoms with Gasteiger partial charge in [0, 0.05) is 55.2 Å². The predicted molar refractivity (Wildman–Crippen MR) is 174 cm³/mol. The maximum Gasteiger partial charge on any atom is 0.409 e. The van der Waals surface area contributed by atoms with E-state index in [0.717, 1.165) is 44.1 Å². The first kappa shape index (κ1) is 34.2. The number of carbonyl (C=O) groups excluding carboxylic acids is 5. The van der Waals surface area contributed by atoms with Gasteiger partial charge in [0.2, 0.25) is 11.8 Å². The lowest BCUT2D eigenvalue weighted by molar-refractivity contribution is -0.140. The number of aryl methyl sites for hydroxylation is 1. The molecule has 0 unspecified atom stereocenters.